The molecule has 0 amide bonds. The van der Waals surface area contributed by atoms with E-state index in [1.807, 2.05) is 0 Å². The van der Waals surface area contributed by atoms with Crippen molar-refractivity contribution in [2.24, 2.45) is 22.7 Å². The highest BCUT2D eigenvalue weighted by Crippen LogP contribution is 2.64. The van der Waals surface area contributed by atoms with Gasteiger partial charge in [-0.2, -0.15) is 0 Å². The molecule has 5 rings (SSSR count). The van der Waals surface area contributed by atoms with Crippen LogP contribution in [0.3, 0.4) is 0 Å². The molecule has 1 aliphatic heterocycles. The number of hydrogen-bond donors (Lipinski definition) is 3. The number of benzene rings is 1. The highest BCUT2D eigenvalue weighted by molar-refractivity contribution is 6.22. The summed E-state index contributed by atoms with van der Waals surface area (Å²) in [5, 5.41) is 35.8. The Morgan fingerprint density at radius 2 is 1.68 bits per heavy atom. The van der Waals surface area contributed by atoms with Crippen molar-refractivity contribution in [1.82, 2.24) is 0 Å². The van der Waals surface area contributed by atoms with Crippen molar-refractivity contribution in [1.29, 1.82) is 0 Å². The normalized spacial score (nSPS) is 41.1. The second-order valence-corrected chi connectivity index (χ2v) is 12.8. The van der Waals surface area contributed by atoms with E-state index >= 15 is 0 Å². The average Bonchev–Trinajstić information content (AvgIpc) is 2.89. The summed E-state index contributed by atoms with van der Waals surface area (Å²) in [6.45, 7) is 8.71. The number of esters is 2. The zero-order chi connectivity index (χ0) is 30.3. The third-order valence-electron chi connectivity index (χ3n) is 10.4. The number of ketones is 2. The molecule has 1 aromatic carbocycles. The van der Waals surface area contributed by atoms with Crippen LogP contribution < -0.4 is 0 Å². The molecule has 0 spiro atoms. The van der Waals surface area contributed by atoms with Gasteiger partial charge in [0.25, 0.3) is 0 Å². The topological polar surface area (TPSA) is 157 Å². The van der Waals surface area contributed by atoms with Gasteiger partial charge in [-0.15, -0.1) is 0 Å². The Morgan fingerprint density at radius 1 is 1.05 bits per heavy atom. The summed E-state index contributed by atoms with van der Waals surface area (Å²) in [6, 6.07) is 8.09. The minimum absolute atomic E-state index is 0.0914. The average molecular weight is 571 g/mol. The number of fused-ring (bicyclic) bond motifs is 5. The first-order valence-corrected chi connectivity index (χ1v) is 14.0. The molecular weight excluding hydrogens is 532 g/mol. The molecule has 2 bridgehead atoms. The van der Waals surface area contributed by atoms with E-state index in [4.69, 9.17) is 14.2 Å². The maximum atomic E-state index is 14.7. The molecule has 3 fully saturated rings. The van der Waals surface area contributed by atoms with Gasteiger partial charge < -0.3 is 29.5 Å². The predicted octanol–water partition coefficient (Wildman–Crippen LogP) is 1.93. The molecule has 222 valence electrons. The van der Waals surface area contributed by atoms with E-state index < -0.39 is 81.8 Å². The van der Waals surface area contributed by atoms with Gasteiger partial charge in [0.2, 0.25) is 0 Å². The third-order valence-corrected chi connectivity index (χ3v) is 10.4. The largest absolute Gasteiger partial charge is 0.455 e. The Balaban J connectivity index is 1.87. The number of allylic oxidation sites excluding steroid dienone is 1. The van der Waals surface area contributed by atoms with Gasteiger partial charge in [-0.25, -0.2) is 4.79 Å². The summed E-state index contributed by atoms with van der Waals surface area (Å²) in [4.78, 5) is 54.2. The number of Topliss-reactive ketones (excluding diaryl/α,β-unsaturated/α-hetero) is 2. The van der Waals surface area contributed by atoms with Crippen LogP contribution >= 0.6 is 0 Å². The van der Waals surface area contributed by atoms with Gasteiger partial charge in [0.15, 0.2) is 17.2 Å². The summed E-state index contributed by atoms with van der Waals surface area (Å²) in [6.07, 6.45) is -5.43. The number of carbonyl (C=O) groups excluding carboxylic acids is 4. The zero-order valence-corrected chi connectivity index (χ0v) is 24.2. The Hall–Kier alpha value is -2.92. The Labute approximate surface area is 238 Å². The van der Waals surface area contributed by atoms with Gasteiger partial charge in [-0.1, -0.05) is 39.0 Å². The van der Waals surface area contributed by atoms with Gasteiger partial charge in [0.05, 0.1) is 41.3 Å². The maximum absolute atomic E-state index is 14.7. The van der Waals surface area contributed by atoms with Crippen molar-refractivity contribution in [3.8, 4) is 0 Å². The van der Waals surface area contributed by atoms with Crippen LogP contribution in [-0.2, 0) is 28.6 Å². The zero-order valence-electron chi connectivity index (χ0n) is 24.2. The summed E-state index contributed by atoms with van der Waals surface area (Å²) in [7, 11) is 0. The van der Waals surface area contributed by atoms with E-state index in [0.29, 0.717) is 0 Å². The van der Waals surface area contributed by atoms with Crippen molar-refractivity contribution in [3.63, 3.8) is 0 Å². The van der Waals surface area contributed by atoms with Gasteiger partial charge >= 0.3 is 11.9 Å². The van der Waals surface area contributed by atoms with Crippen LogP contribution in [0.25, 0.3) is 0 Å². The van der Waals surface area contributed by atoms with E-state index in [-0.39, 0.29) is 36.2 Å². The molecule has 10 nitrogen and oxygen atoms in total. The highest BCUT2D eigenvalue weighted by Gasteiger charge is 2.77. The Kier molecular flexibility index (Phi) is 6.89. The van der Waals surface area contributed by atoms with Crippen molar-refractivity contribution in [2.45, 2.75) is 90.0 Å². The Bertz CT molecular complexity index is 1330. The summed E-state index contributed by atoms with van der Waals surface area (Å²) in [5.74, 6) is -4.85. The summed E-state index contributed by atoms with van der Waals surface area (Å²) in [5.41, 5.74) is -6.69. The number of aliphatic hydroxyl groups excluding tert-OH is 2. The molecule has 1 aromatic rings. The third kappa shape index (κ3) is 3.91. The van der Waals surface area contributed by atoms with Crippen LogP contribution in [0, 0.1) is 22.7 Å². The molecule has 9 atom stereocenters. The molecule has 1 saturated heterocycles. The molecule has 10 heteroatoms. The standard InChI is InChI=1S/C31H38O10/c1-15-19(34)13-31(38)26(40-27(37)18-10-8-7-9-11-18)24-29(6,25(36)22(16(2)32)23(15)28(31,4)5)20(35)12-21-30(24,14-39-21)41-17(3)33/h7-11,15,19-21,24,26,34-35,38H,12-14H2,1-6H3/t15?,19?,20?,21?,24?,26?,29-,30+,31?/m1/s1. The van der Waals surface area contributed by atoms with E-state index in [2.05, 4.69) is 0 Å². The van der Waals surface area contributed by atoms with Crippen LogP contribution in [0.4, 0.5) is 0 Å². The maximum Gasteiger partial charge on any atom is 0.338 e. The number of hydrogen-bond acceptors (Lipinski definition) is 10. The van der Waals surface area contributed by atoms with Gasteiger partial charge in [-0.05, 0) is 31.6 Å². The van der Waals surface area contributed by atoms with Crippen LogP contribution in [0.2, 0.25) is 0 Å². The number of rotatable bonds is 4. The molecule has 4 aliphatic rings. The fourth-order valence-electron chi connectivity index (χ4n) is 8.07. The van der Waals surface area contributed by atoms with E-state index in [0.717, 1.165) is 0 Å². The van der Waals surface area contributed by atoms with Crippen molar-refractivity contribution in [2.75, 3.05) is 6.61 Å². The molecule has 41 heavy (non-hydrogen) atoms. The van der Waals surface area contributed by atoms with Crippen LogP contribution in [0.5, 0.6) is 0 Å². The quantitative estimate of drug-likeness (QED) is 0.361. The smallest absolute Gasteiger partial charge is 0.338 e. The van der Waals surface area contributed by atoms with Crippen molar-refractivity contribution >= 4 is 23.5 Å². The second-order valence-electron chi connectivity index (χ2n) is 12.8. The van der Waals surface area contributed by atoms with Crippen LogP contribution in [-0.4, -0.2) is 81.0 Å². The predicted molar refractivity (Wildman–Crippen MR) is 143 cm³/mol. The Morgan fingerprint density at radius 3 is 2.22 bits per heavy atom. The van der Waals surface area contributed by atoms with E-state index in [1.165, 1.54) is 32.9 Å². The lowest BCUT2D eigenvalue weighted by molar-refractivity contribution is -0.344. The fourth-order valence-corrected chi connectivity index (χ4v) is 8.07. The van der Waals surface area contributed by atoms with E-state index in [9.17, 15) is 34.5 Å². The molecule has 3 aliphatic carbocycles. The van der Waals surface area contributed by atoms with Crippen molar-refractivity contribution < 1.29 is 48.7 Å². The second kappa shape index (κ2) is 9.55. The van der Waals surface area contributed by atoms with Gasteiger partial charge in [-0.3, -0.25) is 14.4 Å². The monoisotopic (exact) mass is 570 g/mol. The fraction of sp³-hybridized carbons (Fsp3) is 0.613. The summed E-state index contributed by atoms with van der Waals surface area (Å²) < 4.78 is 17.9. The van der Waals surface area contributed by atoms with Crippen LogP contribution in [0.1, 0.15) is 64.7 Å². The van der Waals surface area contributed by atoms with Gasteiger partial charge in [0, 0.05) is 31.1 Å². The lowest BCUT2D eigenvalue weighted by atomic mass is 9.44. The number of carbonyl (C=O) groups is 4. The lowest BCUT2D eigenvalue weighted by Crippen LogP contribution is -2.81. The first-order chi connectivity index (χ1) is 19.0. The number of ether oxygens (including phenoxy) is 3. The highest BCUT2D eigenvalue weighted by atomic mass is 16.6. The molecule has 0 aromatic heterocycles. The molecule has 0 radical (unpaired) electrons. The van der Waals surface area contributed by atoms with Crippen LogP contribution in [0.15, 0.2) is 41.5 Å². The van der Waals surface area contributed by atoms with Gasteiger partial charge in [0.1, 0.15) is 17.8 Å². The molecule has 3 N–H and O–H groups in total. The minimum Gasteiger partial charge on any atom is -0.455 e. The number of aliphatic hydroxyl groups is 3. The van der Waals surface area contributed by atoms with Crippen molar-refractivity contribution in [3.05, 3.63) is 47.0 Å². The minimum atomic E-state index is -2.07. The molecule has 1 heterocycles. The first-order valence-electron chi connectivity index (χ1n) is 14.0. The molecule has 2 saturated carbocycles. The van der Waals surface area contributed by atoms with E-state index in [1.54, 1.807) is 39.0 Å². The first kappa shape index (κ1) is 29.6. The summed E-state index contributed by atoms with van der Waals surface area (Å²) >= 11 is 0. The molecular formula is C31H38O10. The SMILES string of the molecule is CC(=O)O[C@@]12COC1CC(O)[C@@]1(C)C(=O)C(C(C)=O)=C3C(C)C(O)CC(O)(C(OC(=O)c4ccccc4)C21)C3(C)C. The molecule has 7 unspecified atom stereocenters. The lowest BCUT2D eigenvalue weighted by Gasteiger charge is -2.67.